The van der Waals surface area contributed by atoms with Crippen LogP contribution in [0.4, 0.5) is 0 Å². The Balaban J connectivity index is 4.24. The van der Waals surface area contributed by atoms with Gasteiger partial charge in [0.25, 0.3) is 7.82 Å². The number of phosphoric ester groups is 1. The Labute approximate surface area is 429 Å². The van der Waals surface area contributed by atoms with Crippen molar-refractivity contribution in [1.29, 1.82) is 0 Å². The summed E-state index contributed by atoms with van der Waals surface area (Å²) in [4.78, 5) is 25.5. The Morgan fingerprint density at radius 2 is 0.812 bits per heavy atom. The number of nitrogens with zero attached hydrogens (tertiary/aromatic N) is 1. The lowest BCUT2D eigenvalue weighted by atomic mass is 10.0. The predicted molar refractivity (Wildman–Crippen MR) is 298 cm³/mol. The van der Waals surface area contributed by atoms with Crippen LogP contribution in [0.15, 0.2) is 36.5 Å². The van der Waals surface area contributed by atoms with Crippen LogP contribution in [0.5, 0.6) is 0 Å². The fraction of sp³-hybridized carbons (Fsp3) is 0.883. The number of likely N-dealkylation sites (N-methyl/N-ethyl adjacent to an activating group) is 1. The van der Waals surface area contributed by atoms with Crippen molar-refractivity contribution in [1.82, 2.24) is 5.32 Å². The second-order valence-electron chi connectivity index (χ2n) is 21.7. The minimum atomic E-state index is -4.61. The molecule has 3 unspecified atom stereocenters. The van der Waals surface area contributed by atoms with Crippen LogP contribution in [-0.4, -0.2) is 68.5 Å². The van der Waals surface area contributed by atoms with Gasteiger partial charge in [-0.3, -0.25) is 9.36 Å². The monoisotopic (exact) mass is 993 g/mol. The maximum atomic E-state index is 13.0. The number of carbonyl (C=O) groups excluding carboxylic acids is 1. The molecule has 0 saturated heterocycles. The van der Waals surface area contributed by atoms with Crippen LogP contribution in [0, 0.1) is 0 Å². The van der Waals surface area contributed by atoms with Gasteiger partial charge in [0, 0.05) is 6.42 Å². The number of hydrogen-bond acceptors (Lipinski definition) is 6. The van der Waals surface area contributed by atoms with Gasteiger partial charge >= 0.3 is 0 Å². The molecule has 0 aliphatic heterocycles. The van der Waals surface area contributed by atoms with Gasteiger partial charge in [-0.15, -0.1) is 0 Å². The summed E-state index contributed by atoms with van der Waals surface area (Å²) in [5.41, 5.74) is 0. The van der Waals surface area contributed by atoms with Crippen LogP contribution in [-0.2, 0) is 18.4 Å². The summed E-state index contributed by atoms with van der Waals surface area (Å²) in [6.07, 6.45) is 66.6. The first kappa shape index (κ1) is 67.7. The summed E-state index contributed by atoms with van der Waals surface area (Å²) in [5.74, 6) is -0.208. The van der Waals surface area contributed by atoms with Crippen LogP contribution in [0.25, 0.3) is 0 Å². The lowest BCUT2D eigenvalue weighted by Gasteiger charge is -2.29. The van der Waals surface area contributed by atoms with Gasteiger partial charge in [-0.1, -0.05) is 262 Å². The van der Waals surface area contributed by atoms with E-state index in [2.05, 4.69) is 43.5 Å². The Kier molecular flexibility index (Phi) is 50.7. The zero-order valence-electron chi connectivity index (χ0n) is 46.5. The highest BCUT2D eigenvalue weighted by atomic mass is 31.2. The number of allylic oxidation sites excluding steroid dienone is 5. The van der Waals surface area contributed by atoms with Gasteiger partial charge in [-0.05, 0) is 57.8 Å². The summed E-state index contributed by atoms with van der Waals surface area (Å²) in [6, 6.07) is -0.906. The maximum Gasteiger partial charge on any atom is 0.268 e. The molecule has 0 radical (unpaired) electrons. The van der Waals surface area contributed by atoms with E-state index in [0.717, 1.165) is 38.5 Å². The smallest absolute Gasteiger partial charge is 0.268 e. The fourth-order valence-corrected chi connectivity index (χ4v) is 9.60. The van der Waals surface area contributed by atoms with Crippen molar-refractivity contribution in [2.45, 2.75) is 302 Å². The first-order valence-electron chi connectivity index (χ1n) is 29.9. The third-order valence-corrected chi connectivity index (χ3v) is 14.5. The van der Waals surface area contributed by atoms with E-state index in [4.69, 9.17) is 9.05 Å². The van der Waals surface area contributed by atoms with Crippen molar-refractivity contribution in [2.24, 2.45) is 0 Å². The molecule has 0 aliphatic rings. The van der Waals surface area contributed by atoms with Gasteiger partial charge in [0.2, 0.25) is 5.91 Å². The third kappa shape index (κ3) is 54.3. The number of aliphatic hydroxyl groups excluding tert-OH is 1. The number of nitrogens with one attached hydrogen (secondary N) is 1. The molecule has 69 heavy (non-hydrogen) atoms. The molecule has 0 fully saturated rings. The summed E-state index contributed by atoms with van der Waals surface area (Å²) in [5, 5.41) is 13.9. The van der Waals surface area contributed by atoms with Crippen LogP contribution < -0.4 is 10.2 Å². The maximum absolute atomic E-state index is 13.0. The molecule has 0 rings (SSSR count). The minimum absolute atomic E-state index is 0.00655. The molecule has 0 aromatic carbocycles. The van der Waals surface area contributed by atoms with Crippen molar-refractivity contribution in [3.8, 4) is 0 Å². The van der Waals surface area contributed by atoms with Gasteiger partial charge in [-0.2, -0.15) is 0 Å². The molecule has 1 amide bonds. The largest absolute Gasteiger partial charge is 0.756 e. The fourth-order valence-electron chi connectivity index (χ4n) is 8.87. The second-order valence-corrected chi connectivity index (χ2v) is 23.1. The van der Waals surface area contributed by atoms with E-state index in [9.17, 15) is 19.4 Å². The highest BCUT2D eigenvalue weighted by Gasteiger charge is 2.23. The molecule has 0 bridgehead atoms. The van der Waals surface area contributed by atoms with Crippen LogP contribution in [0.2, 0.25) is 0 Å². The van der Waals surface area contributed by atoms with E-state index < -0.39 is 26.6 Å². The first-order valence-corrected chi connectivity index (χ1v) is 31.3. The SMILES string of the molecule is CCCCCCCCCCCCC/C=C\CCCCCCCCCC(=O)NC(COP(=O)([O-])OCC[N+](C)(C)C)C(O)/C=C/CC/C=C/CCCCCCCCCCCCCCCCCCCCC. The van der Waals surface area contributed by atoms with Crippen molar-refractivity contribution < 1.29 is 32.9 Å². The lowest BCUT2D eigenvalue weighted by Crippen LogP contribution is -2.45. The zero-order valence-corrected chi connectivity index (χ0v) is 47.4. The molecule has 0 saturated carbocycles. The topological polar surface area (TPSA) is 108 Å². The van der Waals surface area contributed by atoms with Crippen LogP contribution in [0.1, 0.15) is 290 Å². The third-order valence-electron chi connectivity index (χ3n) is 13.6. The van der Waals surface area contributed by atoms with E-state index in [1.807, 2.05) is 27.2 Å². The molecule has 0 aromatic rings. The van der Waals surface area contributed by atoms with E-state index in [1.54, 1.807) is 6.08 Å². The Hall–Kier alpha value is -1.28. The zero-order chi connectivity index (χ0) is 50.6. The molecular weight excluding hydrogens is 876 g/mol. The van der Waals surface area contributed by atoms with Crippen molar-refractivity contribution in [2.75, 3.05) is 40.9 Å². The van der Waals surface area contributed by atoms with E-state index in [0.29, 0.717) is 17.4 Å². The van der Waals surface area contributed by atoms with Crippen molar-refractivity contribution in [3.63, 3.8) is 0 Å². The summed E-state index contributed by atoms with van der Waals surface area (Å²) in [7, 11) is 1.25. The predicted octanol–water partition coefficient (Wildman–Crippen LogP) is 17.5. The van der Waals surface area contributed by atoms with E-state index in [1.165, 1.54) is 231 Å². The number of phosphoric acid groups is 1. The number of quaternary nitrogens is 1. The molecule has 0 aliphatic carbocycles. The quantitative estimate of drug-likeness (QED) is 0.0272. The van der Waals surface area contributed by atoms with Crippen LogP contribution in [0.3, 0.4) is 0 Å². The molecule has 408 valence electrons. The summed E-state index contributed by atoms with van der Waals surface area (Å²) < 4.78 is 23.4. The number of unbranched alkanes of at least 4 members (excludes halogenated alkanes) is 38. The standard InChI is InChI=1S/C60H117N2O6P/c1-6-8-10-12-14-16-18-20-22-24-26-28-30-31-32-33-35-37-39-41-43-45-47-49-51-53-59(63)58(57-68-69(65,66)67-56-55-62(3,4)5)61-60(64)54-52-50-48-46-44-42-40-38-36-34-29-27-25-23-21-19-17-15-13-11-9-7-2/h34,36,43,45,51,53,58-59,63H,6-33,35,37-42,44,46-50,52,54-57H2,1-5H3,(H-,61,64,65,66)/b36-34-,45-43+,53-51+. The Bertz CT molecular complexity index is 1220. The van der Waals surface area contributed by atoms with E-state index >= 15 is 0 Å². The number of rotatable bonds is 55. The molecule has 9 heteroatoms. The Morgan fingerprint density at radius 1 is 0.493 bits per heavy atom. The van der Waals surface area contributed by atoms with Gasteiger partial charge in [-0.25, -0.2) is 0 Å². The number of hydrogen-bond donors (Lipinski definition) is 2. The lowest BCUT2D eigenvalue weighted by molar-refractivity contribution is -0.870. The highest BCUT2D eigenvalue weighted by Crippen LogP contribution is 2.38. The minimum Gasteiger partial charge on any atom is -0.756 e. The average Bonchev–Trinajstić information content (AvgIpc) is 3.31. The summed E-state index contributed by atoms with van der Waals surface area (Å²) >= 11 is 0. The van der Waals surface area contributed by atoms with Gasteiger partial charge in [0.1, 0.15) is 13.2 Å². The molecule has 3 atom stereocenters. The number of aliphatic hydroxyl groups is 1. The molecule has 0 heterocycles. The summed E-state index contributed by atoms with van der Waals surface area (Å²) in [6.45, 7) is 4.67. The molecule has 0 aromatic heterocycles. The van der Waals surface area contributed by atoms with Crippen LogP contribution >= 0.6 is 7.82 Å². The molecule has 0 spiro atoms. The van der Waals surface area contributed by atoms with E-state index in [-0.39, 0.29) is 12.5 Å². The first-order chi connectivity index (χ1) is 33.5. The van der Waals surface area contributed by atoms with Crippen molar-refractivity contribution in [3.05, 3.63) is 36.5 Å². The Morgan fingerprint density at radius 3 is 1.17 bits per heavy atom. The van der Waals surface area contributed by atoms with Crippen molar-refractivity contribution >= 4 is 13.7 Å². The van der Waals surface area contributed by atoms with Gasteiger partial charge < -0.3 is 28.8 Å². The van der Waals surface area contributed by atoms with Gasteiger partial charge in [0.05, 0.1) is 39.9 Å². The molecule has 2 N–H and O–H groups in total. The molecular formula is C60H117N2O6P. The average molecular weight is 994 g/mol. The second kappa shape index (κ2) is 51.6. The van der Waals surface area contributed by atoms with Gasteiger partial charge in [0.15, 0.2) is 0 Å². The highest BCUT2D eigenvalue weighted by molar-refractivity contribution is 7.45. The number of carbonyl (C=O) groups is 1. The normalized spacial score (nSPS) is 14.1. The number of amides is 1. The molecule has 8 nitrogen and oxygen atoms in total.